The van der Waals surface area contributed by atoms with E-state index in [1.165, 1.54) is 12.1 Å². The Labute approximate surface area is 122 Å². The summed E-state index contributed by atoms with van der Waals surface area (Å²) in [4.78, 5) is 0. The Morgan fingerprint density at radius 1 is 1.10 bits per heavy atom. The van der Waals surface area contributed by atoms with Crippen molar-refractivity contribution < 1.29 is 8.78 Å². The molecule has 0 spiro atoms. The van der Waals surface area contributed by atoms with Gasteiger partial charge in [-0.15, -0.1) is 0 Å². The van der Waals surface area contributed by atoms with E-state index in [0.717, 1.165) is 5.56 Å². The summed E-state index contributed by atoms with van der Waals surface area (Å²) in [7, 11) is 0. The first kappa shape index (κ1) is 14.9. The van der Waals surface area contributed by atoms with Crippen molar-refractivity contribution in [2.75, 3.05) is 0 Å². The van der Waals surface area contributed by atoms with E-state index in [1.54, 1.807) is 19.1 Å². The lowest BCUT2D eigenvalue weighted by atomic mass is 10.0. The van der Waals surface area contributed by atoms with E-state index in [1.807, 2.05) is 19.1 Å². The van der Waals surface area contributed by atoms with Crippen LogP contribution in [0, 0.1) is 18.6 Å². The fraction of sp³-hybridized carbons (Fsp3) is 0.250. The number of nitrogens with one attached hydrogen (secondary N) is 1. The molecule has 0 fully saturated rings. The zero-order chi connectivity index (χ0) is 14.7. The molecule has 106 valence electrons. The topological polar surface area (TPSA) is 12.0 Å². The summed E-state index contributed by atoms with van der Waals surface area (Å²) in [5, 5.41) is 3.85. The Kier molecular flexibility index (Phi) is 4.73. The van der Waals surface area contributed by atoms with E-state index < -0.39 is 0 Å². The lowest BCUT2D eigenvalue weighted by Crippen LogP contribution is -2.19. The van der Waals surface area contributed by atoms with Crippen molar-refractivity contribution in [2.45, 2.75) is 26.4 Å². The maximum Gasteiger partial charge on any atom is 0.128 e. The van der Waals surface area contributed by atoms with Crippen LogP contribution in [0.25, 0.3) is 0 Å². The van der Waals surface area contributed by atoms with E-state index in [0.29, 0.717) is 22.7 Å². The minimum Gasteiger partial charge on any atom is -0.306 e. The van der Waals surface area contributed by atoms with Crippen molar-refractivity contribution in [3.8, 4) is 0 Å². The minimum absolute atomic E-state index is 0.277. The Morgan fingerprint density at radius 2 is 1.75 bits per heavy atom. The smallest absolute Gasteiger partial charge is 0.128 e. The molecule has 2 aromatic carbocycles. The molecule has 1 nitrogen and oxygen atoms in total. The van der Waals surface area contributed by atoms with Crippen molar-refractivity contribution in [3.05, 3.63) is 69.7 Å². The molecule has 0 amide bonds. The SMILES string of the molecule is Cc1cc(F)c(C(C)NCc2ccc(Cl)cc2)cc1F. The van der Waals surface area contributed by atoms with Crippen molar-refractivity contribution >= 4 is 11.6 Å². The van der Waals surface area contributed by atoms with Gasteiger partial charge in [0.1, 0.15) is 11.6 Å². The van der Waals surface area contributed by atoms with E-state index in [2.05, 4.69) is 5.32 Å². The molecule has 1 unspecified atom stereocenters. The van der Waals surface area contributed by atoms with Crippen molar-refractivity contribution in [2.24, 2.45) is 0 Å². The Morgan fingerprint density at radius 3 is 2.40 bits per heavy atom. The second-order valence-corrected chi connectivity index (χ2v) is 5.29. The standard InChI is InChI=1S/C16H16ClF2N/c1-10-7-16(19)14(8-15(10)18)11(2)20-9-12-3-5-13(17)6-4-12/h3-8,11,20H,9H2,1-2H3. The van der Waals surface area contributed by atoms with E-state index in [9.17, 15) is 8.78 Å². The predicted octanol–water partition coefficient (Wildman–Crippen LogP) is 4.78. The van der Waals surface area contributed by atoms with Crippen LogP contribution in [0.15, 0.2) is 36.4 Å². The molecule has 20 heavy (non-hydrogen) atoms. The van der Waals surface area contributed by atoms with Crippen LogP contribution in [0.1, 0.15) is 29.7 Å². The van der Waals surface area contributed by atoms with Gasteiger partial charge in [0.05, 0.1) is 0 Å². The average molecular weight is 296 g/mol. The minimum atomic E-state index is -0.389. The van der Waals surface area contributed by atoms with Gasteiger partial charge in [0.25, 0.3) is 0 Å². The Hall–Kier alpha value is -1.45. The first-order valence-corrected chi connectivity index (χ1v) is 6.78. The molecule has 1 N–H and O–H groups in total. The fourth-order valence-electron chi connectivity index (χ4n) is 1.98. The quantitative estimate of drug-likeness (QED) is 0.856. The van der Waals surface area contributed by atoms with Crippen molar-refractivity contribution in [3.63, 3.8) is 0 Å². The molecule has 4 heteroatoms. The molecule has 0 bridgehead atoms. The third kappa shape index (κ3) is 3.56. The summed E-state index contributed by atoms with van der Waals surface area (Å²) < 4.78 is 27.4. The van der Waals surface area contributed by atoms with Crippen molar-refractivity contribution in [1.82, 2.24) is 5.32 Å². The van der Waals surface area contributed by atoms with Gasteiger partial charge in [0.2, 0.25) is 0 Å². The highest BCUT2D eigenvalue weighted by Crippen LogP contribution is 2.21. The third-order valence-electron chi connectivity index (χ3n) is 3.27. The number of aryl methyl sites for hydroxylation is 1. The van der Waals surface area contributed by atoms with Crippen LogP contribution in [-0.2, 0) is 6.54 Å². The van der Waals surface area contributed by atoms with Gasteiger partial charge >= 0.3 is 0 Å². The molecule has 0 heterocycles. The van der Waals surface area contributed by atoms with Crippen molar-refractivity contribution in [1.29, 1.82) is 0 Å². The Bertz CT molecular complexity index is 596. The summed E-state index contributed by atoms with van der Waals surface area (Å²) >= 11 is 5.81. The molecule has 0 saturated heterocycles. The van der Waals surface area contributed by atoms with Crippen LogP contribution in [0.4, 0.5) is 8.78 Å². The highest BCUT2D eigenvalue weighted by molar-refractivity contribution is 6.30. The molecule has 2 rings (SSSR count). The van der Waals surface area contributed by atoms with Crippen LogP contribution < -0.4 is 5.32 Å². The first-order chi connectivity index (χ1) is 9.47. The van der Waals surface area contributed by atoms with Gasteiger partial charge in [-0.1, -0.05) is 23.7 Å². The normalized spacial score (nSPS) is 12.4. The van der Waals surface area contributed by atoms with Crippen LogP contribution in [0.5, 0.6) is 0 Å². The maximum atomic E-state index is 13.8. The van der Waals surface area contributed by atoms with Gasteiger partial charge in [-0.25, -0.2) is 8.78 Å². The molecular formula is C16H16ClF2N. The van der Waals surface area contributed by atoms with Gasteiger partial charge in [0, 0.05) is 23.2 Å². The van der Waals surface area contributed by atoms with Crippen LogP contribution in [-0.4, -0.2) is 0 Å². The zero-order valence-electron chi connectivity index (χ0n) is 11.4. The van der Waals surface area contributed by atoms with Gasteiger partial charge in [-0.3, -0.25) is 0 Å². The van der Waals surface area contributed by atoms with Crippen LogP contribution in [0.3, 0.4) is 0 Å². The summed E-state index contributed by atoms with van der Waals surface area (Å²) in [6.07, 6.45) is 0. The molecule has 0 aliphatic carbocycles. The molecule has 0 aliphatic rings. The van der Waals surface area contributed by atoms with Crippen LogP contribution in [0.2, 0.25) is 5.02 Å². The number of hydrogen-bond donors (Lipinski definition) is 1. The number of hydrogen-bond acceptors (Lipinski definition) is 1. The number of halogens is 3. The van der Waals surface area contributed by atoms with E-state index in [4.69, 9.17) is 11.6 Å². The largest absolute Gasteiger partial charge is 0.306 e. The highest BCUT2D eigenvalue weighted by atomic mass is 35.5. The molecule has 0 saturated carbocycles. The molecule has 0 aliphatic heterocycles. The lowest BCUT2D eigenvalue weighted by molar-refractivity contribution is 0.516. The zero-order valence-corrected chi connectivity index (χ0v) is 12.1. The highest BCUT2D eigenvalue weighted by Gasteiger charge is 2.13. The summed E-state index contributed by atoms with van der Waals surface area (Å²) in [5.74, 6) is -0.776. The van der Waals surface area contributed by atoms with Gasteiger partial charge in [-0.05, 0) is 49.2 Å². The third-order valence-corrected chi connectivity index (χ3v) is 3.52. The van der Waals surface area contributed by atoms with E-state index in [-0.39, 0.29) is 17.7 Å². The number of benzene rings is 2. The van der Waals surface area contributed by atoms with Gasteiger partial charge in [-0.2, -0.15) is 0 Å². The fourth-order valence-corrected chi connectivity index (χ4v) is 2.10. The summed E-state index contributed by atoms with van der Waals surface area (Å²) in [6, 6.07) is 9.60. The number of rotatable bonds is 4. The molecule has 1 atom stereocenters. The van der Waals surface area contributed by atoms with Crippen LogP contribution >= 0.6 is 11.6 Å². The Balaban J connectivity index is 2.06. The van der Waals surface area contributed by atoms with E-state index >= 15 is 0 Å². The average Bonchev–Trinajstić information content (AvgIpc) is 2.42. The first-order valence-electron chi connectivity index (χ1n) is 6.40. The molecule has 0 radical (unpaired) electrons. The summed E-state index contributed by atoms with van der Waals surface area (Å²) in [6.45, 7) is 3.92. The lowest BCUT2D eigenvalue weighted by Gasteiger charge is -2.16. The molecule has 2 aromatic rings. The van der Waals surface area contributed by atoms with Gasteiger partial charge in [0.15, 0.2) is 0 Å². The molecule has 0 aromatic heterocycles. The molecular weight excluding hydrogens is 280 g/mol. The second kappa shape index (κ2) is 6.33. The summed E-state index contributed by atoms with van der Waals surface area (Å²) in [5.41, 5.74) is 1.69. The maximum absolute atomic E-state index is 13.8. The monoisotopic (exact) mass is 295 g/mol. The van der Waals surface area contributed by atoms with Gasteiger partial charge < -0.3 is 5.32 Å². The predicted molar refractivity (Wildman–Crippen MR) is 77.8 cm³/mol. The second-order valence-electron chi connectivity index (χ2n) is 4.85.